The number of hydrogen-bond donors (Lipinski definition) is 1. The topological polar surface area (TPSA) is 78.2 Å². The van der Waals surface area contributed by atoms with Gasteiger partial charge in [-0.15, -0.1) is 0 Å². The summed E-state index contributed by atoms with van der Waals surface area (Å²) in [4.78, 5) is 22.4. The molecule has 0 saturated heterocycles. The Morgan fingerprint density at radius 2 is 2.05 bits per heavy atom. The lowest BCUT2D eigenvalue weighted by atomic mass is 9.91. The van der Waals surface area contributed by atoms with Crippen LogP contribution in [-0.2, 0) is 0 Å². The smallest absolute Gasteiger partial charge is 0.335 e. The van der Waals surface area contributed by atoms with Gasteiger partial charge in [0.25, 0.3) is 0 Å². The fourth-order valence-electron chi connectivity index (χ4n) is 2.19. The molecule has 0 saturated carbocycles. The van der Waals surface area contributed by atoms with E-state index in [9.17, 15) is 9.59 Å². The maximum atomic E-state index is 11.2. The molecule has 0 fully saturated rings. The predicted molar refractivity (Wildman–Crippen MR) is 73.7 cm³/mol. The van der Waals surface area contributed by atoms with Gasteiger partial charge in [0.15, 0.2) is 6.29 Å². The molecule has 0 aliphatic rings. The van der Waals surface area contributed by atoms with Crippen molar-refractivity contribution in [1.29, 1.82) is 5.26 Å². The van der Waals surface area contributed by atoms with Crippen molar-refractivity contribution in [2.45, 2.75) is 6.92 Å². The molecule has 20 heavy (non-hydrogen) atoms. The number of carboxylic acid groups (broad SMARTS) is 1. The molecule has 0 bridgehead atoms. The first-order valence-electron chi connectivity index (χ1n) is 5.91. The zero-order valence-corrected chi connectivity index (χ0v) is 10.8. The van der Waals surface area contributed by atoms with Gasteiger partial charge in [0.1, 0.15) is 0 Å². The van der Waals surface area contributed by atoms with E-state index in [0.29, 0.717) is 34.1 Å². The highest BCUT2D eigenvalue weighted by atomic mass is 16.4. The summed E-state index contributed by atoms with van der Waals surface area (Å²) in [5, 5.41) is 18.1. The highest BCUT2D eigenvalue weighted by molar-refractivity contribution is 5.97. The summed E-state index contributed by atoms with van der Waals surface area (Å²) < 4.78 is 0. The van der Waals surface area contributed by atoms with Crippen LogP contribution >= 0.6 is 0 Å². The Balaban J connectivity index is 2.77. The monoisotopic (exact) mass is 265 g/mol. The molecule has 0 aromatic heterocycles. The van der Waals surface area contributed by atoms with Gasteiger partial charge in [0.2, 0.25) is 0 Å². The zero-order valence-electron chi connectivity index (χ0n) is 10.8. The largest absolute Gasteiger partial charge is 0.478 e. The van der Waals surface area contributed by atoms with E-state index in [2.05, 4.69) is 0 Å². The van der Waals surface area contributed by atoms with Gasteiger partial charge in [0.05, 0.1) is 17.2 Å². The number of carbonyl (C=O) groups is 2. The van der Waals surface area contributed by atoms with E-state index >= 15 is 0 Å². The van der Waals surface area contributed by atoms with Crippen LogP contribution < -0.4 is 0 Å². The molecule has 0 spiro atoms. The zero-order chi connectivity index (χ0) is 14.7. The fraction of sp³-hybridized carbons (Fsp3) is 0.0625. The van der Waals surface area contributed by atoms with Crippen LogP contribution in [0.5, 0.6) is 0 Å². The van der Waals surface area contributed by atoms with E-state index < -0.39 is 5.97 Å². The van der Waals surface area contributed by atoms with E-state index in [4.69, 9.17) is 10.4 Å². The van der Waals surface area contributed by atoms with Crippen LogP contribution in [0.4, 0.5) is 0 Å². The Kier molecular flexibility index (Phi) is 3.62. The first kappa shape index (κ1) is 13.5. The first-order chi connectivity index (χ1) is 9.58. The van der Waals surface area contributed by atoms with Crippen molar-refractivity contribution in [1.82, 2.24) is 0 Å². The summed E-state index contributed by atoms with van der Waals surface area (Å²) in [6.07, 6.45) is 0.688. The van der Waals surface area contributed by atoms with Gasteiger partial charge in [-0.1, -0.05) is 18.2 Å². The third-order valence-corrected chi connectivity index (χ3v) is 3.13. The lowest BCUT2D eigenvalue weighted by Gasteiger charge is -2.12. The normalized spacial score (nSPS) is 9.80. The summed E-state index contributed by atoms with van der Waals surface area (Å²) in [6.45, 7) is 1.66. The van der Waals surface area contributed by atoms with Crippen molar-refractivity contribution in [3.63, 3.8) is 0 Å². The quantitative estimate of drug-likeness (QED) is 0.865. The van der Waals surface area contributed by atoms with E-state index in [0.717, 1.165) is 0 Å². The molecular formula is C16H11NO3. The molecule has 4 heteroatoms. The molecule has 98 valence electrons. The Hall–Kier alpha value is -2.93. The van der Waals surface area contributed by atoms with E-state index in [1.165, 1.54) is 12.1 Å². The van der Waals surface area contributed by atoms with Crippen LogP contribution in [0.1, 0.15) is 31.8 Å². The third kappa shape index (κ3) is 2.29. The summed E-state index contributed by atoms with van der Waals surface area (Å²) in [7, 11) is 0. The van der Waals surface area contributed by atoms with E-state index in [-0.39, 0.29) is 5.56 Å². The minimum absolute atomic E-state index is 0.146. The highest BCUT2D eigenvalue weighted by Gasteiger charge is 2.15. The van der Waals surface area contributed by atoms with Gasteiger partial charge in [-0.05, 0) is 41.8 Å². The highest BCUT2D eigenvalue weighted by Crippen LogP contribution is 2.29. The van der Waals surface area contributed by atoms with Crippen molar-refractivity contribution in [2.75, 3.05) is 0 Å². The van der Waals surface area contributed by atoms with Crippen molar-refractivity contribution >= 4 is 12.3 Å². The number of nitriles is 1. The number of aromatic carboxylic acids is 1. The molecular weight excluding hydrogens is 254 g/mol. The molecule has 2 rings (SSSR count). The second kappa shape index (κ2) is 5.37. The number of carboxylic acids is 1. The number of rotatable bonds is 3. The number of carbonyl (C=O) groups excluding carboxylic acids is 1. The third-order valence-electron chi connectivity index (χ3n) is 3.13. The SMILES string of the molecule is Cc1c(C(=O)O)ccc(C=O)c1-c1cccc(C#N)c1. The number of benzene rings is 2. The predicted octanol–water partition coefficient (Wildman–Crippen LogP) is 3.04. The number of hydrogen-bond acceptors (Lipinski definition) is 3. The molecule has 4 nitrogen and oxygen atoms in total. The Labute approximate surface area is 115 Å². The van der Waals surface area contributed by atoms with Gasteiger partial charge in [0, 0.05) is 5.56 Å². The van der Waals surface area contributed by atoms with Crippen molar-refractivity contribution < 1.29 is 14.7 Å². The lowest BCUT2D eigenvalue weighted by Crippen LogP contribution is -2.03. The maximum absolute atomic E-state index is 11.2. The molecule has 1 N–H and O–H groups in total. The Bertz CT molecular complexity index is 742. The molecule has 0 heterocycles. The standard InChI is InChI=1S/C16H11NO3/c1-10-14(16(19)20)6-5-13(9-18)15(10)12-4-2-3-11(7-12)8-17/h2-7,9H,1H3,(H,19,20). The van der Waals surface area contributed by atoms with Crippen LogP contribution in [0.3, 0.4) is 0 Å². The Morgan fingerprint density at radius 1 is 1.30 bits per heavy atom. The molecule has 0 aliphatic carbocycles. The molecule has 0 aliphatic heterocycles. The van der Waals surface area contributed by atoms with Gasteiger partial charge in [-0.3, -0.25) is 4.79 Å². The molecule has 2 aromatic rings. The minimum atomic E-state index is -1.04. The summed E-state index contributed by atoms with van der Waals surface area (Å²) >= 11 is 0. The minimum Gasteiger partial charge on any atom is -0.478 e. The van der Waals surface area contributed by atoms with Gasteiger partial charge in [-0.25, -0.2) is 4.79 Å². The second-order valence-corrected chi connectivity index (χ2v) is 4.32. The van der Waals surface area contributed by atoms with E-state index in [1.54, 1.807) is 31.2 Å². The Morgan fingerprint density at radius 3 is 2.65 bits per heavy atom. The van der Waals surface area contributed by atoms with Gasteiger partial charge < -0.3 is 5.11 Å². The second-order valence-electron chi connectivity index (χ2n) is 4.32. The molecule has 0 amide bonds. The van der Waals surface area contributed by atoms with Crippen LogP contribution in [0.2, 0.25) is 0 Å². The van der Waals surface area contributed by atoms with Crippen molar-refractivity contribution in [2.24, 2.45) is 0 Å². The number of aldehydes is 1. The fourth-order valence-corrected chi connectivity index (χ4v) is 2.19. The van der Waals surface area contributed by atoms with Crippen LogP contribution in [-0.4, -0.2) is 17.4 Å². The molecule has 0 atom stereocenters. The average molecular weight is 265 g/mol. The van der Waals surface area contributed by atoms with Crippen molar-refractivity contribution in [3.05, 3.63) is 58.7 Å². The molecule has 0 radical (unpaired) electrons. The lowest BCUT2D eigenvalue weighted by molar-refractivity contribution is 0.0696. The van der Waals surface area contributed by atoms with E-state index in [1.807, 2.05) is 6.07 Å². The maximum Gasteiger partial charge on any atom is 0.335 e. The molecule has 2 aromatic carbocycles. The first-order valence-corrected chi connectivity index (χ1v) is 5.91. The van der Waals surface area contributed by atoms with Crippen LogP contribution in [0.25, 0.3) is 11.1 Å². The number of nitrogens with zero attached hydrogens (tertiary/aromatic N) is 1. The van der Waals surface area contributed by atoms with Gasteiger partial charge >= 0.3 is 5.97 Å². The van der Waals surface area contributed by atoms with Gasteiger partial charge in [-0.2, -0.15) is 5.26 Å². The summed E-state index contributed by atoms with van der Waals surface area (Å²) in [5.74, 6) is -1.04. The summed E-state index contributed by atoms with van der Waals surface area (Å²) in [6, 6.07) is 11.7. The van der Waals surface area contributed by atoms with Crippen LogP contribution in [0.15, 0.2) is 36.4 Å². The average Bonchev–Trinajstić information content (AvgIpc) is 2.46. The summed E-state index contributed by atoms with van der Waals surface area (Å²) in [5.41, 5.74) is 2.73. The molecule has 0 unspecified atom stereocenters. The van der Waals surface area contributed by atoms with Crippen LogP contribution in [0, 0.1) is 18.3 Å². The van der Waals surface area contributed by atoms with Crippen molar-refractivity contribution in [3.8, 4) is 17.2 Å².